The summed E-state index contributed by atoms with van der Waals surface area (Å²) >= 11 is 0. The van der Waals surface area contributed by atoms with Gasteiger partial charge in [0.05, 0.1) is 11.0 Å². The van der Waals surface area contributed by atoms with Gasteiger partial charge in [-0.25, -0.2) is 0 Å². The zero-order valence-corrected chi connectivity index (χ0v) is 16.5. The molecular weight excluding hydrogens is 352 g/mol. The van der Waals surface area contributed by atoms with Crippen molar-refractivity contribution >= 4 is 21.8 Å². The molecule has 5 aromatic rings. The number of quaternary nitrogens is 1. The normalized spacial score (nSPS) is 11.5. The van der Waals surface area contributed by atoms with Crippen LogP contribution in [0.25, 0.3) is 21.8 Å². The average Bonchev–Trinajstić information content (AvgIpc) is 3.09. The van der Waals surface area contributed by atoms with Crippen molar-refractivity contribution in [3.8, 4) is 0 Å². The van der Waals surface area contributed by atoms with Gasteiger partial charge in [0.2, 0.25) is 0 Å². The highest BCUT2D eigenvalue weighted by atomic mass is 15.2. The highest BCUT2D eigenvalue weighted by molar-refractivity contribution is 6.07. The molecule has 0 aliphatic carbocycles. The molecule has 0 unspecified atom stereocenters. The van der Waals surface area contributed by atoms with Crippen molar-refractivity contribution in [1.82, 2.24) is 4.57 Å². The summed E-state index contributed by atoms with van der Waals surface area (Å²) in [5, 5.41) is 2.67. The number of para-hydroxylation sites is 2. The van der Waals surface area contributed by atoms with Crippen LogP contribution >= 0.6 is 0 Å². The maximum Gasteiger partial charge on any atom is 0.157 e. The lowest BCUT2D eigenvalue weighted by molar-refractivity contribution is -0.949. The number of hydrogen-bond acceptors (Lipinski definition) is 0. The molecule has 1 N–H and O–H groups in total. The van der Waals surface area contributed by atoms with Crippen LogP contribution in [-0.4, -0.2) is 4.57 Å². The largest absolute Gasteiger partial charge is 0.310 e. The zero-order valence-electron chi connectivity index (χ0n) is 16.5. The number of rotatable bonds is 6. The molecule has 0 radical (unpaired) electrons. The standard InChI is InChI=1S/C27H24N2/c1-3-11-22(12-4-1)19-28(20-23-13-5-2-6-14-23)21-29-26-17-9-7-15-24(26)25-16-8-10-18-27(25)29/h1-18H,19-21H2/p+1. The van der Waals surface area contributed by atoms with Crippen LogP contribution in [-0.2, 0) is 19.8 Å². The first-order valence-corrected chi connectivity index (χ1v) is 10.3. The molecule has 0 amide bonds. The molecule has 29 heavy (non-hydrogen) atoms. The van der Waals surface area contributed by atoms with Crippen molar-refractivity contribution in [3.05, 3.63) is 120 Å². The molecule has 1 heterocycles. The van der Waals surface area contributed by atoms with Gasteiger partial charge in [0, 0.05) is 21.9 Å². The molecular formula is C27H25N2+. The summed E-state index contributed by atoms with van der Waals surface area (Å²) in [6.07, 6.45) is 0. The Morgan fingerprint density at radius 2 is 0.897 bits per heavy atom. The predicted molar refractivity (Wildman–Crippen MR) is 121 cm³/mol. The Hall–Kier alpha value is -3.36. The van der Waals surface area contributed by atoms with Gasteiger partial charge in [-0.15, -0.1) is 0 Å². The minimum absolute atomic E-state index is 0.928. The minimum atomic E-state index is 0.928. The summed E-state index contributed by atoms with van der Waals surface area (Å²) in [5.74, 6) is 0. The van der Waals surface area contributed by atoms with Gasteiger partial charge >= 0.3 is 0 Å². The second kappa shape index (κ2) is 7.94. The van der Waals surface area contributed by atoms with E-state index in [2.05, 4.69) is 114 Å². The summed E-state index contributed by atoms with van der Waals surface area (Å²) < 4.78 is 2.49. The molecule has 4 aromatic carbocycles. The number of fused-ring (bicyclic) bond motifs is 3. The maximum atomic E-state index is 2.49. The average molecular weight is 378 g/mol. The Labute approximate surface area is 171 Å². The molecule has 2 heteroatoms. The van der Waals surface area contributed by atoms with Crippen molar-refractivity contribution in [2.75, 3.05) is 0 Å². The van der Waals surface area contributed by atoms with Crippen LogP contribution in [0.3, 0.4) is 0 Å². The van der Waals surface area contributed by atoms with Gasteiger partial charge in [-0.3, -0.25) is 4.57 Å². The summed E-state index contributed by atoms with van der Waals surface area (Å²) in [5.41, 5.74) is 5.37. The first-order valence-electron chi connectivity index (χ1n) is 10.3. The molecule has 0 aliphatic rings. The van der Waals surface area contributed by atoms with Crippen molar-refractivity contribution in [2.24, 2.45) is 0 Å². The highest BCUT2D eigenvalue weighted by Gasteiger charge is 2.16. The van der Waals surface area contributed by atoms with E-state index in [-0.39, 0.29) is 0 Å². The number of aromatic nitrogens is 1. The number of nitrogens with zero attached hydrogens (tertiary/aromatic N) is 1. The van der Waals surface area contributed by atoms with E-state index in [4.69, 9.17) is 0 Å². The van der Waals surface area contributed by atoms with E-state index in [0.29, 0.717) is 0 Å². The van der Waals surface area contributed by atoms with Crippen LogP contribution in [0.15, 0.2) is 109 Å². The maximum absolute atomic E-state index is 2.49. The van der Waals surface area contributed by atoms with Gasteiger partial charge in [-0.1, -0.05) is 97.1 Å². The molecule has 2 nitrogen and oxygen atoms in total. The van der Waals surface area contributed by atoms with E-state index < -0.39 is 0 Å². The van der Waals surface area contributed by atoms with E-state index in [9.17, 15) is 0 Å². The molecule has 142 valence electrons. The molecule has 5 rings (SSSR count). The van der Waals surface area contributed by atoms with Crippen LogP contribution in [0.2, 0.25) is 0 Å². The second-order valence-electron chi connectivity index (χ2n) is 7.70. The third-order valence-electron chi connectivity index (χ3n) is 5.66. The molecule has 0 spiro atoms. The second-order valence-corrected chi connectivity index (χ2v) is 7.70. The Morgan fingerprint density at radius 3 is 1.38 bits per heavy atom. The van der Waals surface area contributed by atoms with Crippen LogP contribution in [0.5, 0.6) is 0 Å². The Bertz CT molecular complexity index is 1130. The molecule has 1 aromatic heterocycles. The van der Waals surface area contributed by atoms with Crippen molar-refractivity contribution in [1.29, 1.82) is 0 Å². The molecule has 0 aliphatic heterocycles. The van der Waals surface area contributed by atoms with E-state index in [0.717, 1.165) is 19.8 Å². The molecule has 0 fully saturated rings. The molecule has 0 saturated heterocycles. The Morgan fingerprint density at radius 1 is 0.483 bits per heavy atom. The number of benzene rings is 4. The monoisotopic (exact) mass is 377 g/mol. The van der Waals surface area contributed by atoms with Gasteiger partial charge < -0.3 is 4.90 Å². The van der Waals surface area contributed by atoms with Crippen molar-refractivity contribution in [2.45, 2.75) is 19.8 Å². The van der Waals surface area contributed by atoms with Crippen molar-refractivity contribution in [3.63, 3.8) is 0 Å². The van der Waals surface area contributed by atoms with Crippen LogP contribution in [0, 0.1) is 0 Å². The third kappa shape index (κ3) is 3.67. The summed E-state index contributed by atoms with van der Waals surface area (Å²) in [4.78, 5) is 1.52. The lowest BCUT2D eigenvalue weighted by Gasteiger charge is -2.21. The lowest BCUT2D eigenvalue weighted by Crippen LogP contribution is -3.08. The van der Waals surface area contributed by atoms with E-state index in [1.54, 1.807) is 0 Å². The summed E-state index contributed by atoms with van der Waals surface area (Å²) in [6.45, 7) is 2.92. The number of nitrogens with one attached hydrogen (secondary N) is 1. The predicted octanol–water partition coefficient (Wildman–Crippen LogP) is 5.04. The number of hydrogen-bond donors (Lipinski definition) is 1. The Kier molecular flexibility index (Phi) is 4.85. The fourth-order valence-corrected chi connectivity index (χ4v) is 4.34. The first-order chi connectivity index (χ1) is 14.4. The van der Waals surface area contributed by atoms with E-state index in [1.807, 2.05) is 0 Å². The Balaban J connectivity index is 1.56. The summed E-state index contributed by atoms with van der Waals surface area (Å²) in [6, 6.07) is 39.2. The molecule has 0 atom stereocenters. The van der Waals surface area contributed by atoms with E-state index >= 15 is 0 Å². The van der Waals surface area contributed by atoms with Crippen molar-refractivity contribution < 1.29 is 4.90 Å². The lowest BCUT2D eigenvalue weighted by atomic mass is 10.2. The zero-order chi connectivity index (χ0) is 19.5. The molecule has 0 saturated carbocycles. The fourth-order valence-electron chi connectivity index (χ4n) is 4.34. The smallest absolute Gasteiger partial charge is 0.157 e. The van der Waals surface area contributed by atoms with Crippen LogP contribution in [0.4, 0.5) is 0 Å². The van der Waals surface area contributed by atoms with Gasteiger partial charge in [0.15, 0.2) is 6.67 Å². The van der Waals surface area contributed by atoms with E-state index in [1.165, 1.54) is 37.8 Å². The summed E-state index contributed by atoms with van der Waals surface area (Å²) in [7, 11) is 0. The molecule has 0 bridgehead atoms. The van der Waals surface area contributed by atoms with Gasteiger partial charge in [-0.05, 0) is 12.1 Å². The SMILES string of the molecule is c1ccc(C[NH+](Cc2ccccc2)Cn2c3ccccc3c3ccccc32)cc1. The van der Waals surface area contributed by atoms with Gasteiger partial charge in [0.1, 0.15) is 13.1 Å². The van der Waals surface area contributed by atoms with Crippen LogP contribution in [0.1, 0.15) is 11.1 Å². The van der Waals surface area contributed by atoms with Crippen LogP contribution < -0.4 is 4.90 Å². The topological polar surface area (TPSA) is 9.37 Å². The first kappa shape index (κ1) is 17.7. The fraction of sp³-hybridized carbons (Fsp3) is 0.111. The quantitative estimate of drug-likeness (QED) is 0.425. The minimum Gasteiger partial charge on any atom is -0.310 e. The van der Waals surface area contributed by atoms with Gasteiger partial charge in [0.25, 0.3) is 0 Å². The van der Waals surface area contributed by atoms with Gasteiger partial charge in [-0.2, -0.15) is 0 Å². The third-order valence-corrected chi connectivity index (χ3v) is 5.66. The highest BCUT2D eigenvalue weighted by Crippen LogP contribution is 2.27.